The van der Waals surface area contributed by atoms with Gasteiger partial charge in [-0.05, 0) is 17.7 Å². The molecule has 28 heavy (non-hydrogen) atoms. The van der Waals surface area contributed by atoms with Crippen LogP contribution in [0.5, 0.6) is 0 Å². The van der Waals surface area contributed by atoms with E-state index in [-0.39, 0.29) is 0 Å². The zero-order valence-corrected chi connectivity index (χ0v) is 16.0. The fourth-order valence-electron chi connectivity index (χ4n) is 2.34. The van der Waals surface area contributed by atoms with Gasteiger partial charge in [-0.3, -0.25) is 14.2 Å². The summed E-state index contributed by atoms with van der Waals surface area (Å²) in [7, 11) is 3.71. The Labute approximate surface area is 164 Å². The lowest BCUT2D eigenvalue weighted by Gasteiger charge is -2.10. The normalized spacial score (nSPS) is 10.7. The fraction of sp³-hybridized carbons (Fsp3) is 0.136. The molecule has 4 aromatic rings. The van der Waals surface area contributed by atoms with E-state index in [0.29, 0.717) is 0 Å². The lowest BCUT2D eigenvalue weighted by atomic mass is 10.1. The highest BCUT2D eigenvalue weighted by Crippen LogP contribution is 2.20. The van der Waals surface area contributed by atoms with Gasteiger partial charge in [0.25, 0.3) is 0 Å². The summed E-state index contributed by atoms with van der Waals surface area (Å²) >= 11 is 0. The van der Waals surface area contributed by atoms with Gasteiger partial charge in [0.2, 0.25) is 0 Å². The number of nitrogens with zero attached hydrogens (tertiary/aromatic N) is 4. The maximum absolute atomic E-state index is 10.0. The molecule has 0 bridgehead atoms. The van der Waals surface area contributed by atoms with Gasteiger partial charge < -0.3 is 5.11 Å². The maximum atomic E-state index is 10.0. The molecule has 0 aliphatic rings. The summed E-state index contributed by atoms with van der Waals surface area (Å²) in [5, 5.41) is 17.9. The van der Waals surface area contributed by atoms with E-state index in [1.54, 1.807) is 33.9 Å². The third-order valence-corrected chi connectivity index (χ3v) is 3.83. The van der Waals surface area contributed by atoms with Crippen molar-refractivity contribution in [3.63, 3.8) is 0 Å². The van der Waals surface area contributed by atoms with Crippen molar-refractivity contribution in [2.24, 2.45) is 14.1 Å². The quantitative estimate of drug-likeness (QED) is 0.556. The standard InChI is InChI=1S/C11H12N2O.C7H6O.C4H6N2/c1-13-10(7-8-12-13)11(14)9-5-3-2-4-6-9;8-6-7-4-2-1-3-5-7;1-6-4-2-3-5-6/h2-8,11,14H,1H3;1-6H;2-4H,1H3. The molecule has 2 heterocycles. The minimum absolute atomic E-state index is 0.594. The van der Waals surface area contributed by atoms with Crippen molar-refractivity contribution in [1.82, 2.24) is 19.6 Å². The Morgan fingerprint density at radius 2 is 1.50 bits per heavy atom. The second kappa shape index (κ2) is 11.3. The summed E-state index contributed by atoms with van der Waals surface area (Å²) in [6.07, 6.45) is 5.56. The number of aryl methyl sites for hydroxylation is 2. The zero-order valence-electron chi connectivity index (χ0n) is 16.0. The molecule has 0 aliphatic heterocycles. The predicted octanol–water partition coefficient (Wildman–Crippen LogP) is 3.42. The molecular formula is C22H24N4O2. The van der Waals surface area contributed by atoms with Gasteiger partial charge in [0.1, 0.15) is 12.4 Å². The van der Waals surface area contributed by atoms with Crippen LogP contribution in [0.2, 0.25) is 0 Å². The van der Waals surface area contributed by atoms with E-state index in [1.165, 1.54) is 0 Å². The van der Waals surface area contributed by atoms with Crippen LogP contribution in [-0.4, -0.2) is 31.0 Å². The van der Waals surface area contributed by atoms with Crippen molar-refractivity contribution >= 4 is 6.29 Å². The Bertz CT molecular complexity index is 920. The average Bonchev–Trinajstić information content (AvgIpc) is 3.40. The van der Waals surface area contributed by atoms with Crippen LogP contribution in [0.15, 0.2) is 91.4 Å². The summed E-state index contributed by atoms with van der Waals surface area (Å²) in [4.78, 5) is 10.0. The van der Waals surface area contributed by atoms with Gasteiger partial charge >= 0.3 is 0 Å². The van der Waals surface area contributed by atoms with E-state index in [1.807, 2.05) is 81.0 Å². The van der Waals surface area contributed by atoms with Crippen LogP contribution < -0.4 is 0 Å². The third kappa shape index (κ3) is 6.66. The average molecular weight is 376 g/mol. The maximum Gasteiger partial charge on any atom is 0.150 e. The van der Waals surface area contributed by atoms with Crippen molar-refractivity contribution in [3.05, 3.63) is 108 Å². The molecule has 1 atom stereocenters. The number of aliphatic hydroxyl groups is 1. The summed E-state index contributed by atoms with van der Waals surface area (Å²) in [5.41, 5.74) is 2.42. The second-order valence-corrected chi connectivity index (χ2v) is 5.90. The Morgan fingerprint density at radius 3 is 1.89 bits per heavy atom. The van der Waals surface area contributed by atoms with E-state index in [0.717, 1.165) is 23.1 Å². The number of benzene rings is 2. The van der Waals surface area contributed by atoms with E-state index in [4.69, 9.17) is 0 Å². The minimum atomic E-state index is -0.594. The number of carbonyl (C=O) groups is 1. The van der Waals surface area contributed by atoms with E-state index < -0.39 is 6.10 Å². The number of rotatable bonds is 3. The predicted molar refractivity (Wildman–Crippen MR) is 109 cm³/mol. The van der Waals surface area contributed by atoms with Gasteiger partial charge in [0, 0.05) is 38.2 Å². The number of carbonyl (C=O) groups excluding carboxylic acids is 1. The lowest BCUT2D eigenvalue weighted by molar-refractivity contribution is 0.112. The molecule has 0 spiro atoms. The summed E-state index contributed by atoms with van der Waals surface area (Å²) in [6.45, 7) is 0. The topological polar surface area (TPSA) is 72.9 Å². The van der Waals surface area contributed by atoms with E-state index >= 15 is 0 Å². The summed E-state index contributed by atoms with van der Waals surface area (Å²) in [5.74, 6) is 0. The van der Waals surface area contributed by atoms with Crippen molar-refractivity contribution in [1.29, 1.82) is 0 Å². The molecule has 6 heteroatoms. The van der Waals surface area contributed by atoms with E-state index in [2.05, 4.69) is 10.2 Å². The first kappa shape index (κ1) is 20.8. The highest BCUT2D eigenvalue weighted by atomic mass is 16.3. The van der Waals surface area contributed by atoms with Crippen molar-refractivity contribution in [2.75, 3.05) is 0 Å². The molecule has 1 unspecified atom stereocenters. The first-order chi connectivity index (χ1) is 13.6. The Morgan fingerprint density at radius 1 is 0.857 bits per heavy atom. The largest absolute Gasteiger partial charge is 0.382 e. The third-order valence-electron chi connectivity index (χ3n) is 3.83. The number of aliphatic hydroxyl groups excluding tert-OH is 1. The number of aldehydes is 1. The van der Waals surface area contributed by atoms with Crippen LogP contribution in [0.1, 0.15) is 27.7 Å². The van der Waals surface area contributed by atoms with Gasteiger partial charge in [-0.1, -0.05) is 60.7 Å². The number of hydrogen-bond donors (Lipinski definition) is 1. The van der Waals surface area contributed by atoms with Crippen molar-refractivity contribution < 1.29 is 9.90 Å². The smallest absolute Gasteiger partial charge is 0.150 e. The lowest BCUT2D eigenvalue weighted by Crippen LogP contribution is -2.06. The Hall–Kier alpha value is -3.51. The van der Waals surface area contributed by atoms with Crippen LogP contribution in [-0.2, 0) is 14.1 Å². The molecule has 4 rings (SSSR count). The van der Waals surface area contributed by atoms with Crippen LogP contribution in [0.25, 0.3) is 0 Å². The molecule has 0 aliphatic carbocycles. The highest BCUT2D eigenvalue weighted by Gasteiger charge is 2.12. The first-order valence-electron chi connectivity index (χ1n) is 8.76. The second-order valence-electron chi connectivity index (χ2n) is 5.90. The molecule has 0 amide bonds. The van der Waals surface area contributed by atoms with Crippen molar-refractivity contribution in [2.45, 2.75) is 6.10 Å². The van der Waals surface area contributed by atoms with Gasteiger partial charge in [-0.15, -0.1) is 0 Å². The molecule has 144 valence electrons. The van der Waals surface area contributed by atoms with E-state index in [9.17, 15) is 9.90 Å². The minimum Gasteiger partial charge on any atom is -0.382 e. The Balaban J connectivity index is 0.000000169. The molecule has 0 saturated heterocycles. The highest BCUT2D eigenvalue weighted by molar-refractivity contribution is 5.74. The fourth-order valence-corrected chi connectivity index (χ4v) is 2.34. The van der Waals surface area contributed by atoms with Crippen LogP contribution >= 0.6 is 0 Å². The van der Waals surface area contributed by atoms with Crippen molar-refractivity contribution in [3.8, 4) is 0 Å². The molecule has 0 saturated carbocycles. The summed E-state index contributed by atoms with van der Waals surface area (Å²) < 4.78 is 3.43. The van der Waals surface area contributed by atoms with Crippen LogP contribution in [0.4, 0.5) is 0 Å². The molecule has 2 aromatic heterocycles. The monoisotopic (exact) mass is 376 g/mol. The van der Waals surface area contributed by atoms with Gasteiger partial charge in [0.15, 0.2) is 0 Å². The Kier molecular flexibility index (Phi) is 8.36. The first-order valence-corrected chi connectivity index (χ1v) is 8.76. The summed E-state index contributed by atoms with van der Waals surface area (Å²) in [6, 6.07) is 22.4. The molecule has 1 N–H and O–H groups in total. The molecule has 6 nitrogen and oxygen atoms in total. The molecule has 0 radical (unpaired) electrons. The number of hydrogen-bond acceptors (Lipinski definition) is 4. The van der Waals surface area contributed by atoms with Gasteiger partial charge in [-0.25, -0.2) is 0 Å². The molecule has 2 aromatic carbocycles. The zero-order chi connectivity index (χ0) is 20.2. The van der Waals surface area contributed by atoms with Crippen LogP contribution in [0.3, 0.4) is 0 Å². The van der Waals surface area contributed by atoms with Gasteiger partial charge in [-0.2, -0.15) is 10.2 Å². The SMILES string of the molecule is Cn1cccn1.Cn1nccc1C(O)c1ccccc1.O=Cc1ccccc1. The van der Waals surface area contributed by atoms with Gasteiger partial charge in [0.05, 0.1) is 5.69 Å². The molecular weight excluding hydrogens is 352 g/mol. The number of aromatic nitrogens is 4. The molecule has 0 fully saturated rings. The van der Waals surface area contributed by atoms with Crippen LogP contribution in [0, 0.1) is 0 Å².